The number of amides is 1. The van der Waals surface area contributed by atoms with E-state index in [0.717, 1.165) is 11.3 Å². The Morgan fingerprint density at radius 1 is 1.44 bits per heavy atom. The van der Waals surface area contributed by atoms with Crippen LogP contribution >= 0.6 is 0 Å². The van der Waals surface area contributed by atoms with Crippen LogP contribution in [0.4, 0.5) is 0 Å². The maximum absolute atomic E-state index is 11.6. The van der Waals surface area contributed by atoms with Crippen LogP contribution < -0.4 is 10.1 Å². The van der Waals surface area contributed by atoms with Gasteiger partial charge in [-0.2, -0.15) is 0 Å². The molecule has 0 heterocycles. The average Bonchev–Trinajstić information content (AvgIpc) is 3.16. The van der Waals surface area contributed by atoms with Crippen molar-refractivity contribution in [3.8, 4) is 5.75 Å². The third-order valence-corrected chi connectivity index (χ3v) is 3.05. The van der Waals surface area contributed by atoms with Gasteiger partial charge in [-0.05, 0) is 24.1 Å². The Balaban J connectivity index is 1.84. The first-order valence-corrected chi connectivity index (χ1v) is 5.75. The quantitative estimate of drug-likeness (QED) is 0.817. The Kier molecular flexibility index (Phi) is 3.50. The predicted molar refractivity (Wildman–Crippen MR) is 64.1 cm³/mol. The molecule has 5 heteroatoms. The van der Waals surface area contributed by atoms with E-state index in [1.54, 1.807) is 7.11 Å². The van der Waals surface area contributed by atoms with Crippen molar-refractivity contribution in [2.45, 2.75) is 13.0 Å². The van der Waals surface area contributed by atoms with Gasteiger partial charge in [0.2, 0.25) is 5.91 Å². The van der Waals surface area contributed by atoms with Crippen molar-refractivity contribution in [3.63, 3.8) is 0 Å². The summed E-state index contributed by atoms with van der Waals surface area (Å²) in [6, 6.07) is 7.39. The Hall–Kier alpha value is -2.04. The number of rotatable bonds is 5. The van der Waals surface area contributed by atoms with Crippen molar-refractivity contribution in [2.24, 2.45) is 11.8 Å². The lowest BCUT2D eigenvalue weighted by Gasteiger charge is -2.06. The molecule has 2 atom stereocenters. The Labute approximate surface area is 105 Å². The van der Waals surface area contributed by atoms with Gasteiger partial charge in [-0.3, -0.25) is 9.59 Å². The summed E-state index contributed by atoms with van der Waals surface area (Å²) in [5, 5.41) is 11.5. The van der Waals surface area contributed by atoms with E-state index in [9.17, 15) is 9.59 Å². The summed E-state index contributed by atoms with van der Waals surface area (Å²) < 4.78 is 5.08. The molecule has 0 aliphatic heterocycles. The fourth-order valence-corrected chi connectivity index (χ4v) is 1.86. The van der Waals surface area contributed by atoms with Crippen LogP contribution in [0.1, 0.15) is 12.0 Å². The molecule has 0 spiro atoms. The van der Waals surface area contributed by atoms with E-state index in [2.05, 4.69) is 5.32 Å². The minimum atomic E-state index is -0.892. The second kappa shape index (κ2) is 5.08. The van der Waals surface area contributed by atoms with Crippen molar-refractivity contribution < 1.29 is 19.4 Å². The fourth-order valence-electron chi connectivity index (χ4n) is 1.86. The zero-order chi connectivity index (χ0) is 13.1. The van der Waals surface area contributed by atoms with Crippen LogP contribution in [-0.4, -0.2) is 24.1 Å². The van der Waals surface area contributed by atoms with E-state index < -0.39 is 11.9 Å². The molecule has 1 saturated carbocycles. The number of carboxylic acid groups (broad SMARTS) is 1. The highest BCUT2D eigenvalue weighted by atomic mass is 16.5. The van der Waals surface area contributed by atoms with Crippen molar-refractivity contribution in [3.05, 3.63) is 29.8 Å². The minimum Gasteiger partial charge on any atom is -0.497 e. The first kappa shape index (κ1) is 12.4. The van der Waals surface area contributed by atoms with Crippen molar-refractivity contribution in [2.75, 3.05) is 7.11 Å². The molecule has 1 fully saturated rings. The fraction of sp³-hybridized carbons (Fsp3) is 0.385. The van der Waals surface area contributed by atoms with E-state index in [1.165, 1.54) is 0 Å². The summed E-state index contributed by atoms with van der Waals surface area (Å²) in [7, 11) is 1.58. The van der Waals surface area contributed by atoms with Gasteiger partial charge in [0.1, 0.15) is 5.75 Å². The van der Waals surface area contributed by atoms with Crippen LogP contribution in [0.3, 0.4) is 0 Å². The SMILES string of the molecule is COc1cccc(CNC(=O)C2CC2C(=O)O)c1. The Morgan fingerprint density at radius 2 is 2.22 bits per heavy atom. The smallest absolute Gasteiger partial charge is 0.307 e. The number of hydrogen-bond donors (Lipinski definition) is 2. The van der Waals surface area contributed by atoms with Gasteiger partial charge >= 0.3 is 5.97 Å². The maximum Gasteiger partial charge on any atom is 0.307 e. The molecule has 0 bridgehead atoms. The topological polar surface area (TPSA) is 75.6 Å². The highest BCUT2D eigenvalue weighted by Crippen LogP contribution is 2.38. The zero-order valence-electron chi connectivity index (χ0n) is 10.1. The molecule has 2 unspecified atom stereocenters. The standard InChI is InChI=1S/C13H15NO4/c1-18-9-4-2-3-8(5-9)7-14-12(15)10-6-11(10)13(16)17/h2-5,10-11H,6-7H2,1H3,(H,14,15)(H,16,17). The molecule has 0 radical (unpaired) electrons. The third-order valence-electron chi connectivity index (χ3n) is 3.05. The molecular weight excluding hydrogens is 234 g/mol. The van der Waals surface area contributed by atoms with Gasteiger partial charge in [0.15, 0.2) is 0 Å². The molecule has 0 saturated heterocycles. The lowest BCUT2D eigenvalue weighted by Crippen LogP contribution is -2.25. The maximum atomic E-state index is 11.6. The van der Waals surface area contributed by atoms with Crippen LogP contribution in [0.25, 0.3) is 0 Å². The van der Waals surface area contributed by atoms with E-state index >= 15 is 0 Å². The first-order chi connectivity index (χ1) is 8.61. The molecule has 0 aromatic heterocycles. The van der Waals surface area contributed by atoms with Gasteiger partial charge in [-0.15, -0.1) is 0 Å². The lowest BCUT2D eigenvalue weighted by atomic mass is 10.2. The van der Waals surface area contributed by atoms with Crippen molar-refractivity contribution in [1.82, 2.24) is 5.32 Å². The predicted octanol–water partition coefficient (Wildman–Crippen LogP) is 1.03. The number of hydrogen-bond acceptors (Lipinski definition) is 3. The monoisotopic (exact) mass is 249 g/mol. The van der Waals surface area contributed by atoms with Gasteiger partial charge in [0.25, 0.3) is 0 Å². The van der Waals surface area contributed by atoms with E-state index in [1.807, 2.05) is 24.3 Å². The third kappa shape index (κ3) is 2.80. The summed E-state index contributed by atoms with van der Waals surface area (Å²) in [4.78, 5) is 22.3. The Bertz CT molecular complexity index is 472. The molecule has 1 aliphatic carbocycles. The summed E-state index contributed by atoms with van der Waals surface area (Å²) in [5.74, 6) is -1.22. The van der Waals surface area contributed by atoms with E-state index in [4.69, 9.17) is 9.84 Å². The number of ether oxygens (including phenoxy) is 1. The zero-order valence-corrected chi connectivity index (χ0v) is 10.1. The number of carboxylic acids is 1. The molecule has 18 heavy (non-hydrogen) atoms. The van der Waals surface area contributed by atoms with Crippen molar-refractivity contribution >= 4 is 11.9 Å². The summed E-state index contributed by atoms with van der Waals surface area (Å²) in [6.45, 7) is 0.388. The highest BCUT2D eigenvalue weighted by Gasteiger charge is 2.48. The van der Waals surface area contributed by atoms with Gasteiger partial charge in [0, 0.05) is 6.54 Å². The normalized spacial score (nSPS) is 21.2. The van der Waals surface area contributed by atoms with Crippen LogP contribution in [0, 0.1) is 11.8 Å². The van der Waals surface area contributed by atoms with Gasteiger partial charge < -0.3 is 15.2 Å². The Morgan fingerprint density at radius 3 is 2.83 bits per heavy atom. The molecule has 2 rings (SSSR count). The number of benzene rings is 1. The molecule has 5 nitrogen and oxygen atoms in total. The molecule has 96 valence electrons. The van der Waals surface area contributed by atoms with Crippen LogP contribution in [0.15, 0.2) is 24.3 Å². The molecule has 1 aliphatic rings. The van der Waals surface area contributed by atoms with Crippen LogP contribution in [0.5, 0.6) is 5.75 Å². The van der Waals surface area contributed by atoms with Crippen LogP contribution in [0.2, 0.25) is 0 Å². The summed E-state index contributed by atoms with van der Waals surface area (Å²) in [5.41, 5.74) is 0.926. The second-order valence-corrected chi connectivity index (χ2v) is 4.36. The number of carbonyl (C=O) groups is 2. The number of aliphatic carboxylic acids is 1. The number of nitrogens with one attached hydrogen (secondary N) is 1. The van der Waals surface area contributed by atoms with Crippen LogP contribution in [-0.2, 0) is 16.1 Å². The van der Waals surface area contributed by atoms with Gasteiger partial charge in [-0.25, -0.2) is 0 Å². The largest absolute Gasteiger partial charge is 0.497 e. The average molecular weight is 249 g/mol. The summed E-state index contributed by atoms with van der Waals surface area (Å²) in [6.07, 6.45) is 0.444. The lowest BCUT2D eigenvalue weighted by molar-refractivity contribution is -0.140. The first-order valence-electron chi connectivity index (χ1n) is 5.75. The minimum absolute atomic E-state index is 0.190. The highest BCUT2D eigenvalue weighted by molar-refractivity contribution is 5.89. The van der Waals surface area contributed by atoms with E-state index in [-0.39, 0.29) is 11.8 Å². The number of carbonyl (C=O) groups excluding carboxylic acids is 1. The van der Waals surface area contributed by atoms with Gasteiger partial charge in [-0.1, -0.05) is 12.1 Å². The molecule has 1 aromatic rings. The van der Waals surface area contributed by atoms with E-state index in [0.29, 0.717) is 13.0 Å². The van der Waals surface area contributed by atoms with Crippen molar-refractivity contribution in [1.29, 1.82) is 0 Å². The molecule has 1 amide bonds. The molecule has 2 N–H and O–H groups in total. The molecule has 1 aromatic carbocycles. The number of methoxy groups -OCH3 is 1. The second-order valence-electron chi connectivity index (χ2n) is 4.36. The van der Waals surface area contributed by atoms with Gasteiger partial charge in [0.05, 0.1) is 18.9 Å². The summed E-state index contributed by atoms with van der Waals surface area (Å²) >= 11 is 0. The molecular formula is C13H15NO4.